The topological polar surface area (TPSA) is 247 Å². The average molecular weight is 1460 g/mol. The monoisotopic (exact) mass is 1450 g/mol. The first-order valence-electron chi connectivity index (χ1n) is 36.6. The van der Waals surface area contributed by atoms with E-state index >= 15 is 0 Å². The summed E-state index contributed by atoms with van der Waals surface area (Å²) in [5.41, 5.74) is 3.94. The van der Waals surface area contributed by atoms with E-state index in [1.54, 1.807) is 161 Å². The highest BCUT2D eigenvalue weighted by Crippen LogP contribution is 2.32. The number of hydrogen-bond acceptors (Lipinski definition) is 20. The van der Waals surface area contributed by atoms with Crippen molar-refractivity contribution in [1.82, 2.24) is 0 Å². The quantitative estimate of drug-likeness (QED) is 0.0113. The predicted octanol–water partition coefficient (Wildman–Crippen LogP) is 18.1. The van der Waals surface area contributed by atoms with E-state index in [4.69, 9.17) is 56.8 Å². The second-order valence-electron chi connectivity index (χ2n) is 25.8. The van der Waals surface area contributed by atoms with Crippen molar-refractivity contribution in [2.24, 2.45) is 0 Å². The first-order valence-corrected chi connectivity index (χ1v) is 36.6. The Morgan fingerprint density at radius 3 is 0.689 bits per heavy atom. The summed E-state index contributed by atoms with van der Waals surface area (Å²) in [5.74, 6) is -0.500. The van der Waals surface area contributed by atoms with Crippen molar-refractivity contribution in [2.45, 2.75) is 169 Å². The summed E-state index contributed by atoms with van der Waals surface area (Å²) in [5, 5.41) is 0. The van der Waals surface area contributed by atoms with E-state index in [-0.39, 0.29) is 23.4 Å². The van der Waals surface area contributed by atoms with Crippen LogP contribution in [0.3, 0.4) is 0 Å². The Labute approximate surface area is 623 Å². The SMILES string of the molecule is C=C(C)C(=O)OCCCCCCOc1ccc(C(=O)Oc2ccc(OC(=O)c3ccc(OCCCCCCOC(=O)C(=C)C)cc3)c(CCCCCCc3cc(OC(=O)c4ccc(OCCCCCCOC(=O)C(=C)C)cc4)ccc3OC(=O)c3ccc(OCCCCCCOC(=O)C(=C)C)cc3)c2)cc1. The van der Waals surface area contributed by atoms with E-state index in [1.807, 2.05) is 0 Å². The van der Waals surface area contributed by atoms with Gasteiger partial charge in [-0.3, -0.25) is 0 Å². The summed E-state index contributed by atoms with van der Waals surface area (Å²) in [7, 11) is 0. The highest BCUT2D eigenvalue weighted by Gasteiger charge is 2.20. The van der Waals surface area contributed by atoms with E-state index in [0.717, 1.165) is 103 Å². The highest BCUT2D eigenvalue weighted by atomic mass is 16.6. The van der Waals surface area contributed by atoms with Crippen LogP contribution in [0.15, 0.2) is 182 Å². The molecule has 106 heavy (non-hydrogen) atoms. The normalized spacial score (nSPS) is 10.7. The van der Waals surface area contributed by atoms with Crippen LogP contribution in [-0.4, -0.2) is 101 Å². The molecule has 566 valence electrons. The lowest BCUT2D eigenvalue weighted by Crippen LogP contribution is -2.11. The summed E-state index contributed by atoms with van der Waals surface area (Å²) in [6, 6.07) is 36.5. The minimum atomic E-state index is -0.597. The third-order valence-electron chi connectivity index (χ3n) is 16.4. The zero-order valence-electron chi connectivity index (χ0n) is 61.9. The number of aryl methyl sites for hydroxylation is 2. The molecule has 0 N–H and O–H groups in total. The van der Waals surface area contributed by atoms with Gasteiger partial charge in [0.15, 0.2) is 0 Å². The summed E-state index contributed by atoms with van der Waals surface area (Å²) < 4.78 is 68.3. The fourth-order valence-corrected chi connectivity index (χ4v) is 10.4. The predicted molar refractivity (Wildman–Crippen MR) is 403 cm³/mol. The van der Waals surface area contributed by atoms with Crippen molar-refractivity contribution in [3.63, 3.8) is 0 Å². The van der Waals surface area contributed by atoms with Crippen LogP contribution in [0.5, 0.6) is 46.0 Å². The van der Waals surface area contributed by atoms with Crippen molar-refractivity contribution >= 4 is 47.8 Å². The molecule has 0 aromatic heterocycles. The number of carbonyl (C=O) groups is 8. The lowest BCUT2D eigenvalue weighted by atomic mass is 10.0. The maximum Gasteiger partial charge on any atom is 0.343 e. The molecule has 0 radical (unpaired) electrons. The average Bonchev–Trinajstić information content (AvgIpc) is 0.840. The number of unbranched alkanes of at least 4 members (excludes halogenated alkanes) is 15. The van der Waals surface area contributed by atoms with Gasteiger partial charge in [0.05, 0.1) is 75.1 Å². The van der Waals surface area contributed by atoms with Gasteiger partial charge in [0.2, 0.25) is 0 Å². The number of ether oxygens (including phenoxy) is 12. The van der Waals surface area contributed by atoms with E-state index in [1.165, 1.54) is 0 Å². The summed E-state index contributed by atoms with van der Waals surface area (Å²) in [4.78, 5) is 101. The first-order chi connectivity index (χ1) is 51.2. The van der Waals surface area contributed by atoms with Crippen LogP contribution < -0.4 is 37.9 Å². The fourth-order valence-electron chi connectivity index (χ4n) is 10.4. The number of esters is 8. The van der Waals surface area contributed by atoms with Crippen LogP contribution in [0.1, 0.15) is 209 Å². The van der Waals surface area contributed by atoms with Crippen molar-refractivity contribution in [2.75, 3.05) is 52.9 Å². The summed E-state index contributed by atoms with van der Waals surface area (Å²) in [6.45, 7) is 24.1. The lowest BCUT2D eigenvalue weighted by molar-refractivity contribution is -0.139. The van der Waals surface area contributed by atoms with Crippen molar-refractivity contribution < 1.29 is 95.2 Å². The second kappa shape index (κ2) is 47.6. The van der Waals surface area contributed by atoms with Gasteiger partial charge >= 0.3 is 47.8 Å². The van der Waals surface area contributed by atoms with E-state index in [0.29, 0.717) is 182 Å². The van der Waals surface area contributed by atoms with Gasteiger partial charge < -0.3 is 56.8 Å². The van der Waals surface area contributed by atoms with E-state index in [2.05, 4.69) is 26.3 Å². The molecule has 0 fully saturated rings. The molecule has 6 rings (SSSR count). The third-order valence-corrected chi connectivity index (χ3v) is 16.4. The van der Waals surface area contributed by atoms with Crippen LogP contribution in [0.2, 0.25) is 0 Å². The highest BCUT2D eigenvalue weighted by molar-refractivity contribution is 5.94. The maximum atomic E-state index is 13.8. The molecule has 0 heterocycles. The maximum absolute atomic E-state index is 13.8. The van der Waals surface area contributed by atoms with Crippen molar-refractivity contribution in [3.05, 3.63) is 215 Å². The molecule has 0 aliphatic carbocycles. The zero-order valence-corrected chi connectivity index (χ0v) is 61.9. The Balaban J connectivity index is 1.08. The van der Waals surface area contributed by atoms with Crippen LogP contribution in [-0.2, 0) is 51.0 Å². The number of hydrogen-bond donors (Lipinski definition) is 0. The molecule has 0 atom stereocenters. The number of carbonyl (C=O) groups excluding carboxylic acids is 8. The van der Waals surface area contributed by atoms with Gasteiger partial charge in [0.25, 0.3) is 0 Å². The van der Waals surface area contributed by atoms with Crippen LogP contribution >= 0.6 is 0 Å². The molecule has 0 saturated heterocycles. The largest absolute Gasteiger partial charge is 0.494 e. The Hall–Kier alpha value is -10.8. The molecule has 20 nitrogen and oxygen atoms in total. The van der Waals surface area contributed by atoms with Gasteiger partial charge in [0, 0.05) is 22.3 Å². The minimum absolute atomic E-state index is 0.247. The van der Waals surface area contributed by atoms with E-state index in [9.17, 15) is 38.4 Å². The molecule has 0 aliphatic rings. The van der Waals surface area contributed by atoms with Crippen molar-refractivity contribution in [1.29, 1.82) is 0 Å². The zero-order chi connectivity index (χ0) is 76.3. The Kier molecular flexibility index (Phi) is 37.8. The van der Waals surface area contributed by atoms with Gasteiger partial charge in [0.1, 0.15) is 46.0 Å². The van der Waals surface area contributed by atoms with Gasteiger partial charge in [-0.1, -0.05) is 39.2 Å². The minimum Gasteiger partial charge on any atom is -0.494 e. The van der Waals surface area contributed by atoms with Gasteiger partial charge in [-0.25, -0.2) is 38.4 Å². The van der Waals surface area contributed by atoms with Gasteiger partial charge in [-0.15, -0.1) is 0 Å². The molecule has 0 saturated carbocycles. The Morgan fingerprint density at radius 1 is 0.245 bits per heavy atom. The Bertz CT molecular complexity index is 3600. The van der Waals surface area contributed by atoms with Crippen LogP contribution in [0, 0.1) is 0 Å². The molecule has 0 spiro atoms. The Morgan fingerprint density at radius 2 is 0.453 bits per heavy atom. The molecule has 0 aliphatic heterocycles. The molecular weight excluding hydrogens is 1350 g/mol. The van der Waals surface area contributed by atoms with Crippen molar-refractivity contribution in [3.8, 4) is 46.0 Å². The number of benzene rings is 6. The molecule has 0 bridgehead atoms. The molecule has 6 aromatic carbocycles. The lowest BCUT2D eigenvalue weighted by Gasteiger charge is -2.14. The fraction of sp³-hybridized carbons (Fsp3) is 0.395. The van der Waals surface area contributed by atoms with Crippen LogP contribution in [0.4, 0.5) is 0 Å². The molecule has 20 heteroatoms. The molecular formula is C86H102O20. The van der Waals surface area contributed by atoms with Gasteiger partial charge in [-0.2, -0.15) is 0 Å². The van der Waals surface area contributed by atoms with E-state index < -0.39 is 35.8 Å². The molecule has 6 aromatic rings. The standard InChI is InChI=1S/C86H102O20/c1-61(2)79(87)99-55-25-15-11-21-51-95-71-39-31-65(32-40-71)83(91)103-75-47-49-77(105-85(93)67-35-43-73(44-36-67)97-53-23-13-17-27-57-101-81(89)63(5)6)69(59-75)29-19-9-10-20-30-70-60-76(104-84(92)66-33-41-72(42-34-66)96-52-22-12-16-26-56-100-80(88)62(3)4)48-50-78(70)106-86(94)68-37-45-74(46-38-68)98-54-24-14-18-28-58-102-82(90)64(7)8/h31-50,59-60H,1,3,5,7,9-30,51-58H2,2,4,6,8H3. The first kappa shape index (κ1) is 84.2. The smallest absolute Gasteiger partial charge is 0.343 e. The summed E-state index contributed by atoms with van der Waals surface area (Å²) in [6.07, 6.45) is 16.7. The van der Waals surface area contributed by atoms with Crippen LogP contribution in [0.25, 0.3) is 0 Å². The molecule has 0 amide bonds. The van der Waals surface area contributed by atoms with Gasteiger partial charge in [-0.05, 0) is 301 Å². The number of rotatable bonds is 51. The third kappa shape index (κ3) is 32.5. The second-order valence-corrected chi connectivity index (χ2v) is 25.8. The molecule has 0 unspecified atom stereocenters. The summed E-state index contributed by atoms with van der Waals surface area (Å²) >= 11 is 0.